The molecule has 2 heterocycles. The number of aromatic nitrogens is 2. The van der Waals surface area contributed by atoms with Crippen LogP contribution in [0, 0.1) is 0 Å². The fraction of sp³-hybridized carbons (Fsp3) is 0.583. The number of aliphatic imine (C=N–C) groups is 1. The predicted octanol–water partition coefficient (Wildman–Crippen LogP) is 1.27. The van der Waals surface area contributed by atoms with Crippen molar-refractivity contribution in [1.82, 2.24) is 14.9 Å². The van der Waals surface area contributed by atoms with E-state index in [-0.39, 0.29) is 5.95 Å². The van der Waals surface area contributed by atoms with Gasteiger partial charge in [-0.3, -0.25) is 4.99 Å². The van der Waals surface area contributed by atoms with Crippen molar-refractivity contribution >= 4 is 23.7 Å². The summed E-state index contributed by atoms with van der Waals surface area (Å²) in [5.74, 6) is 2.43. The molecule has 1 fully saturated rings. The number of anilines is 1. The van der Waals surface area contributed by atoms with Gasteiger partial charge >= 0.3 is 6.18 Å². The van der Waals surface area contributed by atoms with Crippen molar-refractivity contribution in [2.75, 3.05) is 43.0 Å². The van der Waals surface area contributed by atoms with Gasteiger partial charge in [-0.15, -0.1) is 0 Å². The Hall–Kier alpha value is -1.71. The van der Waals surface area contributed by atoms with Crippen LogP contribution in [-0.4, -0.2) is 58.5 Å². The summed E-state index contributed by atoms with van der Waals surface area (Å²) in [4.78, 5) is 13.4. The molecule has 10 heteroatoms. The molecular weight excluding hydrogens is 317 g/mol. The number of nitrogens with two attached hydrogens (primary N) is 1. The molecule has 0 aliphatic carbocycles. The van der Waals surface area contributed by atoms with Gasteiger partial charge in [-0.1, -0.05) is 0 Å². The van der Waals surface area contributed by atoms with Crippen LogP contribution in [0.3, 0.4) is 0 Å². The van der Waals surface area contributed by atoms with Crippen LogP contribution in [0.15, 0.2) is 17.3 Å². The van der Waals surface area contributed by atoms with Gasteiger partial charge in [0.15, 0.2) is 5.96 Å². The molecule has 0 bridgehead atoms. The number of thioether (sulfide) groups is 1. The Morgan fingerprint density at radius 1 is 1.41 bits per heavy atom. The van der Waals surface area contributed by atoms with Gasteiger partial charge in [0, 0.05) is 37.3 Å². The van der Waals surface area contributed by atoms with Crippen molar-refractivity contribution in [3.05, 3.63) is 18.0 Å². The van der Waals surface area contributed by atoms with Crippen LogP contribution < -0.4 is 11.1 Å². The fourth-order valence-corrected chi connectivity index (χ4v) is 2.74. The lowest BCUT2D eigenvalue weighted by molar-refractivity contribution is -0.141. The number of hydrogen-bond donors (Lipinski definition) is 2. The van der Waals surface area contributed by atoms with Gasteiger partial charge in [-0.25, -0.2) is 9.97 Å². The molecular formula is C12H17F3N6S. The molecule has 122 valence electrons. The summed E-state index contributed by atoms with van der Waals surface area (Å²) in [6.07, 6.45) is -3.41. The molecule has 1 aliphatic heterocycles. The van der Waals surface area contributed by atoms with Gasteiger partial charge in [-0.2, -0.15) is 24.9 Å². The summed E-state index contributed by atoms with van der Waals surface area (Å²) in [7, 11) is 0. The molecule has 1 aromatic heterocycles. The molecule has 0 amide bonds. The van der Waals surface area contributed by atoms with Crippen molar-refractivity contribution in [2.24, 2.45) is 10.7 Å². The molecule has 0 aromatic carbocycles. The standard InChI is InChI=1S/C12H17F3N6S/c13-12(14,15)9-1-2-18-11(20-9)19-4-3-17-10(16)21-5-7-22-8-6-21/h1-2H,3-8H2,(H2,16,17)(H,18,19,20). The molecule has 3 N–H and O–H groups in total. The zero-order chi connectivity index (χ0) is 16.0. The number of hydrogen-bond acceptors (Lipinski definition) is 5. The minimum absolute atomic E-state index is 0.0713. The molecule has 0 atom stereocenters. The van der Waals surface area contributed by atoms with Crippen LogP contribution >= 0.6 is 11.8 Å². The van der Waals surface area contributed by atoms with E-state index in [1.165, 1.54) is 0 Å². The molecule has 22 heavy (non-hydrogen) atoms. The lowest BCUT2D eigenvalue weighted by Crippen LogP contribution is -2.42. The SMILES string of the molecule is NC(=NCCNc1nccc(C(F)(F)F)n1)N1CCSCC1. The van der Waals surface area contributed by atoms with Crippen LogP contribution in [0.2, 0.25) is 0 Å². The Balaban J connectivity index is 1.81. The van der Waals surface area contributed by atoms with E-state index in [0.717, 1.165) is 36.9 Å². The van der Waals surface area contributed by atoms with E-state index in [0.29, 0.717) is 19.0 Å². The zero-order valence-electron chi connectivity index (χ0n) is 11.8. The molecule has 0 unspecified atom stereocenters. The second-order valence-electron chi connectivity index (χ2n) is 4.53. The van der Waals surface area contributed by atoms with E-state index in [9.17, 15) is 13.2 Å². The average molecular weight is 334 g/mol. The van der Waals surface area contributed by atoms with Crippen LogP contribution in [0.4, 0.5) is 19.1 Å². The number of alkyl halides is 3. The first-order chi connectivity index (χ1) is 10.5. The van der Waals surface area contributed by atoms with Crippen molar-refractivity contribution in [3.63, 3.8) is 0 Å². The summed E-state index contributed by atoms with van der Waals surface area (Å²) in [5.41, 5.74) is 4.89. The summed E-state index contributed by atoms with van der Waals surface area (Å²) < 4.78 is 37.5. The van der Waals surface area contributed by atoms with E-state index in [1.807, 2.05) is 16.7 Å². The largest absolute Gasteiger partial charge is 0.433 e. The van der Waals surface area contributed by atoms with E-state index < -0.39 is 11.9 Å². The third kappa shape index (κ3) is 4.93. The van der Waals surface area contributed by atoms with Gasteiger partial charge < -0.3 is 16.0 Å². The molecule has 0 spiro atoms. The Kier molecular flexibility index (Phi) is 5.69. The van der Waals surface area contributed by atoms with Crippen LogP contribution in [0.5, 0.6) is 0 Å². The Labute approximate surface area is 130 Å². The molecule has 6 nitrogen and oxygen atoms in total. The smallest absolute Gasteiger partial charge is 0.370 e. The maximum Gasteiger partial charge on any atom is 0.433 e. The Bertz CT molecular complexity index is 516. The number of halogens is 3. The van der Waals surface area contributed by atoms with Crippen molar-refractivity contribution in [2.45, 2.75) is 6.18 Å². The lowest BCUT2D eigenvalue weighted by Gasteiger charge is -2.27. The van der Waals surface area contributed by atoms with Crippen LogP contribution in [0.25, 0.3) is 0 Å². The first-order valence-electron chi connectivity index (χ1n) is 6.73. The molecule has 1 aromatic rings. The van der Waals surface area contributed by atoms with Gasteiger partial charge in [0.25, 0.3) is 0 Å². The zero-order valence-corrected chi connectivity index (χ0v) is 12.6. The molecule has 1 saturated heterocycles. The van der Waals surface area contributed by atoms with Crippen molar-refractivity contribution in [1.29, 1.82) is 0 Å². The van der Waals surface area contributed by atoms with Crippen LogP contribution in [0.1, 0.15) is 5.69 Å². The topological polar surface area (TPSA) is 79.4 Å². The number of guanidine groups is 1. The highest BCUT2D eigenvalue weighted by Gasteiger charge is 2.32. The van der Waals surface area contributed by atoms with E-state index >= 15 is 0 Å². The highest BCUT2D eigenvalue weighted by atomic mass is 32.2. The number of nitrogens with one attached hydrogen (secondary N) is 1. The lowest BCUT2D eigenvalue weighted by atomic mass is 10.4. The monoisotopic (exact) mass is 334 g/mol. The maximum absolute atomic E-state index is 12.5. The molecule has 0 radical (unpaired) electrons. The minimum atomic E-state index is -4.48. The average Bonchev–Trinajstić information content (AvgIpc) is 2.52. The second-order valence-corrected chi connectivity index (χ2v) is 5.75. The highest BCUT2D eigenvalue weighted by molar-refractivity contribution is 7.99. The van der Waals surface area contributed by atoms with Gasteiger partial charge in [0.1, 0.15) is 5.69 Å². The van der Waals surface area contributed by atoms with E-state index in [1.54, 1.807) is 0 Å². The summed E-state index contributed by atoms with van der Waals surface area (Å²) in [6, 6.07) is 0.829. The Morgan fingerprint density at radius 2 is 2.14 bits per heavy atom. The van der Waals surface area contributed by atoms with Crippen molar-refractivity contribution < 1.29 is 13.2 Å². The van der Waals surface area contributed by atoms with Gasteiger partial charge in [0.05, 0.1) is 6.54 Å². The molecule has 1 aliphatic rings. The summed E-state index contributed by atoms with van der Waals surface area (Å²) in [5, 5.41) is 2.71. The predicted molar refractivity (Wildman–Crippen MR) is 80.9 cm³/mol. The molecule has 2 rings (SSSR count). The summed E-state index contributed by atoms with van der Waals surface area (Å²) in [6.45, 7) is 2.38. The normalized spacial score (nSPS) is 16.7. The third-order valence-corrected chi connectivity index (χ3v) is 3.89. The highest BCUT2D eigenvalue weighted by Crippen LogP contribution is 2.27. The van der Waals surface area contributed by atoms with Gasteiger partial charge in [-0.05, 0) is 6.07 Å². The maximum atomic E-state index is 12.5. The van der Waals surface area contributed by atoms with Gasteiger partial charge in [0.2, 0.25) is 5.95 Å². The van der Waals surface area contributed by atoms with Crippen molar-refractivity contribution in [3.8, 4) is 0 Å². The quantitative estimate of drug-likeness (QED) is 0.490. The number of nitrogens with zero attached hydrogens (tertiary/aromatic N) is 4. The molecule has 0 saturated carbocycles. The minimum Gasteiger partial charge on any atom is -0.370 e. The fourth-order valence-electron chi connectivity index (χ4n) is 1.83. The second kappa shape index (κ2) is 7.52. The Morgan fingerprint density at radius 3 is 2.82 bits per heavy atom. The first-order valence-corrected chi connectivity index (χ1v) is 7.89. The number of rotatable bonds is 4. The third-order valence-electron chi connectivity index (χ3n) is 2.95. The first kappa shape index (κ1) is 16.7. The van der Waals surface area contributed by atoms with E-state index in [2.05, 4.69) is 20.3 Å². The summed E-state index contributed by atoms with van der Waals surface area (Å²) >= 11 is 1.87. The van der Waals surface area contributed by atoms with Crippen LogP contribution in [-0.2, 0) is 6.18 Å². The van der Waals surface area contributed by atoms with E-state index in [4.69, 9.17) is 5.73 Å².